The van der Waals surface area contributed by atoms with Gasteiger partial charge in [0.2, 0.25) is 0 Å². The van der Waals surface area contributed by atoms with E-state index in [9.17, 15) is 5.11 Å². The molecule has 0 atom stereocenters. The van der Waals surface area contributed by atoms with Crippen LogP contribution in [0.5, 0.6) is 5.75 Å². The minimum absolute atomic E-state index is 0.236. The number of aromatic nitrogens is 2. The van der Waals surface area contributed by atoms with Gasteiger partial charge < -0.3 is 10.8 Å². The number of hydrogen-bond donors (Lipinski definition) is 2. The molecule has 0 amide bonds. The number of phenols is 1. The summed E-state index contributed by atoms with van der Waals surface area (Å²) in [5, 5.41) is 9.26. The summed E-state index contributed by atoms with van der Waals surface area (Å²) >= 11 is 0. The molecule has 3 N–H and O–H groups in total. The fraction of sp³-hybridized carbons (Fsp3) is 0. The van der Waals surface area contributed by atoms with Crippen LogP contribution >= 0.6 is 0 Å². The summed E-state index contributed by atoms with van der Waals surface area (Å²) in [6.45, 7) is 0. The third-order valence-electron chi connectivity index (χ3n) is 2.73. The topological polar surface area (TPSA) is 72.0 Å². The molecule has 0 fully saturated rings. The van der Waals surface area contributed by atoms with Gasteiger partial charge in [-0.15, -0.1) is 0 Å². The quantitative estimate of drug-likeness (QED) is 0.638. The van der Waals surface area contributed by atoms with E-state index in [-0.39, 0.29) is 5.75 Å². The Labute approximate surface area is 104 Å². The summed E-state index contributed by atoms with van der Waals surface area (Å²) < 4.78 is 0. The fourth-order valence-corrected chi connectivity index (χ4v) is 1.80. The average molecular weight is 237 g/mol. The Bertz CT molecular complexity index is 708. The third-order valence-corrected chi connectivity index (χ3v) is 2.73. The maximum atomic E-state index is 9.26. The van der Waals surface area contributed by atoms with Gasteiger partial charge in [0.05, 0.1) is 22.9 Å². The lowest BCUT2D eigenvalue weighted by Gasteiger charge is -2.03. The fourth-order valence-electron chi connectivity index (χ4n) is 1.80. The van der Waals surface area contributed by atoms with Crippen molar-refractivity contribution in [1.82, 2.24) is 9.97 Å². The minimum atomic E-state index is 0.236. The Morgan fingerprint density at radius 2 is 1.72 bits per heavy atom. The van der Waals surface area contributed by atoms with Gasteiger partial charge in [0.15, 0.2) is 0 Å². The van der Waals surface area contributed by atoms with Crippen molar-refractivity contribution < 1.29 is 5.11 Å². The summed E-state index contributed by atoms with van der Waals surface area (Å²) in [6, 6.07) is 12.3. The highest BCUT2D eigenvalue weighted by molar-refractivity contribution is 5.80. The molecular formula is C14H11N3O. The lowest BCUT2D eigenvalue weighted by Crippen LogP contribution is -1.90. The molecule has 3 rings (SSSR count). The van der Waals surface area contributed by atoms with Crippen LogP contribution in [0.15, 0.2) is 48.7 Å². The second-order valence-corrected chi connectivity index (χ2v) is 4.05. The van der Waals surface area contributed by atoms with Gasteiger partial charge in [-0.05, 0) is 42.5 Å². The Balaban J connectivity index is 2.13. The predicted octanol–water partition coefficient (Wildman–Crippen LogP) is 2.58. The molecule has 0 radical (unpaired) electrons. The highest BCUT2D eigenvalue weighted by Gasteiger charge is 2.03. The first-order valence-corrected chi connectivity index (χ1v) is 5.54. The largest absolute Gasteiger partial charge is 0.508 e. The van der Waals surface area contributed by atoms with Crippen molar-refractivity contribution in [3.8, 4) is 17.0 Å². The molecule has 1 heterocycles. The Hall–Kier alpha value is -2.62. The van der Waals surface area contributed by atoms with Crippen LogP contribution in [0.2, 0.25) is 0 Å². The van der Waals surface area contributed by atoms with Crippen LogP contribution in [0.3, 0.4) is 0 Å². The lowest BCUT2D eigenvalue weighted by molar-refractivity contribution is 0.475. The number of fused-ring (bicyclic) bond motifs is 1. The molecule has 0 saturated heterocycles. The third kappa shape index (κ3) is 1.84. The number of hydrogen-bond acceptors (Lipinski definition) is 4. The number of nitrogen functional groups attached to an aromatic ring is 1. The molecule has 0 aliphatic carbocycles. The molecule has 2 aromatic carbocycles. The van der Waals surface area contributed by atoms with Gasteiger partial charge in [-0.2, -0.15) is 0 Å². The van der Waals surface area contributed by atoms with Gasteiger partial charge in [0.25, 0.3) is 0 Å². The molecule has 0 unspecified atom stereocenters. The molecule has 18 heavy (non-hydrogen) atoms. The number of aromatic hydroxyl groups is 1. The number of anilines is 1. The van der Waals surface area contributed by atoms with Crippen LogP contribution in [-0.4, -0.2) is 15.1 Å². The summed E-state index contributed by atoms with van der Waals surface area (Å²) in [7, 11) is 0. The molecule has 3 aromatic rings. The number of phenolic OH excluding ortho intramolecular Hbond substituents is 1. The zero-order chi connectivity index (χ0) is 12.5. The molecular weight excluding hydrogens is 226 g/mol. The SMILES string of the molecule is Nc1ccc2nc(-c3ccc(O)cc3)cnc2c1. The van der Waals surface area contributed by atoms with E-state index >= 15 is 0 Å². The van der Waals surface area contributed by atoms with E-state index in [0.29, 0.717) is 5.69 Å². The van der Waals surface area contributed by atoms with Crippen molar-refractivity contribution >= 4 is 16.7 Å². The smallest absolute Gasteiger partial charge is 0.115 e. The van der Waals surface area contributed by atoms with Crippen LogP contribution in [0, 0.1) is 0 Å². The molecule has 4 heteroatoms. The summed E-state index contributed by atoms with van der Waals surface area (Å²) in [5.41, 5.74) is 9.63. The van der Waals surface area contributed by atoms with Gasteiger partial charge in [-0.3, -0.25) is 4.98 Å². The van der Waals surface area contributed by atoms with E-state index in [0.717, 1.165) is 22.3 Å². The van der Waals surface area contributed by atoms with E-state index < -0.39 is 0 Å². The first kappa shape index (κ1) is 10.5. The van der Waals surface area contributed by atoms with Gasteiger partial charge in [0.1, 0.15) is 5.75 Å². The van der Waals surface area contributed by atoms with E-state index in [1.807, 2.05) is 18.2 Å². The van der Waals surface area contributed by atoms with Gasteiger partial charge >= 0.3 is 0 Å². The van der Waals surface area contributed by atoms with Crippen molar-refractivity contribution in [2.24, 2.45) is 0 Å². The highest BCUT2D eigenvalue weighted by Crippen LogP contribution is 2.22. The number of nitrogens with zero attached hydrogens (tertiary/aromatic N) is 2. The standard InChI is InChI=1S/C14H11N3O/c15-10-3-6-12-13(7-10)16-8-14(17-12)9-1-4-11(18)5-2-9/h1-8,18H,15H2. The molecule has 0 bridgehead atoms. The zero-order valence-electron chi connectivity index (χ0n) is 9.54. The molecule has 4 nitrogen and oxygen atoms in total. The minimum Gasteiger partial charge on any atom is -0.508 e. The molecule has 88 valence electrons. The Morgan fingerprint density at radius 1 is 0.944 bits per heavy atom. The van der Waals surface area contributed by atoms with Gasteiger partial charge in [-0.25, -0.2) is 4.98 Å². The maximum absolute atomic E-state index is 9.26. The normalized spacial score (nSPS) is 10.7. The van der Waals surface area contributed by atoms with Crippen molar-refractivity contribution in [3.63, 3.8) is 0 Å². The van der Waals surface area contributed by atoms with E-state index in [4.69, 9.17) is 5.73 Å². The van der Waals surface area contributed by atoms with Gasteiger partial charge in [-0.1, -0.05) is 0 Å². The summed E-state index contributed by atoms with van der Waals surface area (Å²) in [5.74, 6) is 0.236. The summed E-state index contributed by atoms with van der Waals surface area (Å²) in [4.78, 5) is 8.85. The maximum Gasteiger partial charge on any atom is 0.115 e. The molecule has 0 aliphatic heterocycles. The van der Waals surface area contributed by atoms with Crippen LogP contribution in [0.25, 0.3) is 22.3 Å². The highest BCUT2D eigenvalue weighted by atomic mass is 16.3. The van der Waals surface area contributed by atoms with Crippen molar-refractivity contribution in [3.05, 3.63) is 48.7 Å². The van der Waals surface area contributed by atoms with Crippen molar-refractivity contribution in [2.75, 3.05) is 5.73 Å². The predicted molar refractivity (Wildman–Crippen MR) is 71.1 cm³/mol. The average Bonchev–Trinajstić information content (AvgIpc) is 2.39. The molecule has 0 spiro atoms. The van der Waals surface area contributed by atoms with Crippen LogP contribution < -0.4 is 5.73 Å². The lowest BCUT2D eigenvalue weighted by atomic mass is 10.1. The second-order valence-electron chi connectivity index (χ2n) is 4.05. The van der Waals surface area contributed by atoms with Gasteiger partial charge in [0, 0.05) is 11.3 Å². The first-order valence-electron chi connectivity index (χ1n) is 5.54. The Morgan fingerprint density at radius 3 is 2.50 bits per heavy atom. The number of benzene rings is 2. The summed E-state index contributed by atoms with van der Waals surface area (Å²) in [6.07, 6.45) is 1.70. The zero-order valence-corrected chi connectivity index (χ0v) is 9.54. The monoisotopic (exact) mass is 237 g/mol. The van der Waals surface area contributed by atoms with Crippen molar-refractivity contribution in [1.29, 1.82) is 0 Å². The Kier molecular flexibility index (Phi) is 2.34. The first-order chi connectivity index (χ1) is 8.72. The van der Waals surface area contributed by atoms with E-state index in [2.05, 4.69) is 9.97 Å². The van der Waals surface area contributed by atoms with E-state index in [1.165, 1.54) is 0 Å². The molecule has 0 aliphatic rings. The number of rotatable bonds is 1. The van der Waals surface area contributed by atoms with E-state index in [1.54, 1.807) is 30.5 Å². The van der Waals surface area contributed by atoms with Crippen LogP contribution in [-0.2, 0) is 0 Å². The van der Waals surface area contributed by atoms with Crippen LogP contribution in [0.4, 0.5) is 5.69 Å². The van der Waals surface area contributed by atoms with Crippen LogP contribution in [0.1, 0.15) is 0 Å². The number of nitrogens with two attached hydrogens (primary N) is 1. The van der Waals surface area contributed by atoms with Crippen molar-refractivity contribution in [2.45, 2.75) is 0 Å². The molecule has 1 aromatic heterocycles. The second kappa shape index (κ2) is 4.00. The molecule has 0 saturated carbocycles.